The standard InChI is InChI=1S/C26H32N4O5/c1-4-12-30-20-15-29(16-21(31)28-13-10-19(11-14-28)25(33)35-5-2)24(32)22(20)23(27-26(30)34)18-8-6-17(3)7-9-18/h4,6-9,19,23H,1,5,10-16H2,2-3H3,(H,27,34). The van der Waals surface area contributed by atoms with E-state index in [2.05, 4.69) is 11.9 Å². The molecular weight excluding hydrogens is 448 g/mol. The lowest BCUT2D eigenvalue weighted by atomic mass is 9.95. The van der Waals surface area contributed by atoms with E-state index in [0.29, 0.717) is 43.8 Å². The normalized spacial score (nSPS) is 20.6. The fraction of sp³-hybridized carbons (Fsp3) is 0.462. The first kappa shape index (κ1) is 24.5. The minimum absolute atomic E-state index is 0.0767. The van der Waals surface area contributed by atoms with Crippen molar-refractivity contribution in [1.29, 1.82) is 0 Å². The van der Waals surface area contributed by atoms with E-state index >= 15 is 0 Å². The van der Waals surface area contributed by atoms with Gasteiger partial charge in [0.25, 0.3) is 5.91 Å². The number of amides is 4. The van der Waals surface area contributed by atoms with Crippen molar-refractivity contribution in [2.45, 2.75) is 32.7 Å². The van der Waals surface area contributed by atoms with Crippen LogP contribution in [0.1, 0.15) is 36.9 Å². The van der Waals surface area contributed by atoms with Gasteiger partial charge in [0.15, 0.2) is 0 Å². The summed E-state index contributed by atoms with van der Waals surface area (Å²) in [5, 5.41) is 2.95. The van der Waals surface area contributed by atoms with Crippen LogP contribution in [-0.4, -0.2) is 77.8 Å². The van der Waals surface area contributed by atoms with Crippen LogP contribution >= 0.6 is 0 Å². The molecule has 0 aliphatic carbocycles. The molecular formula is C26H32N4O5. The first-order chi connectivity index (χ1) is 16.8. The summed E-state index contributed by atoms with van der Waals surface area (Å²) in [5.41, 5.74) is 2.99. The third-order valence-corrected chi connectivity index (χ3v) is 6.81. The first-order valence-electron chi connectivity index (χ1n) is 12.1. The molecule has 0 bridgehead atoms. The minimum atomic E-state index is -0.577. The monoisotopic (exact) mass is 480 g/mol. The second-order valence-corrected chi connectivity index (χ2v) is 9.12. The molecule has 1 aromatic carbocycles. The summed E-state index contributed by atoms with van der Waals surface area (Å²) < 4.78 is 5.10. The number of likely N-dealkylation sites (tertiary alicyclic amines) is 1. The third kappa shape index (κ3) is 4.94. The summed E-state index contributed by atoms with van der Waals surface area (Å²) in [6.45, 7) is 9.10. The molecule has 1 fully saturated rings. The predicted octanol–water partition coefficient (Wildman–Crippen LogP) is 2.15. The van der Waals surface area contributed by atoms with Gasteiger partial charge in [-0.25, -0.2) is 4.79 Å². The van der Waals surface area contributed by atoms with Crippen LogP contribution in [0.4, 0.5) is 4.79 Å². The van der Waals surface area contributed by atoms with Gasteiger partial charge in [-0.2, -0.15) is 0 Å². The predicted molar refractivity (Wildman–Crippen MR) is 129 cm³/mol. The molecule has 9 heteroatoms. The second kappa shape index (κ2) is 10.3. The summed E-state index contributed by atoms with van der Waals surface area (Å²) >= 11 is 0. The largest absolute Gasteiger partial charge is 0.466 e. The molecule has 1 atom stereocenters. The van der Waals surface area contributed by atoms with E-state index < -0.39 is 6.04 Å². The molecule has 4 amide bonds. The highest BCUT2D eigenvalue weighted by atomic mass is 16.5. The number of hydrogen-bond acceptors (Lipinski definition) is 5. The summed E-state index contributed by atoms with van der Waals surface area (Å²) in [7, 11) is 0. The number of ether oxygens (including phenoxy) is 1. The molecule has 4 rings (SSSR count). The number of esters is 1. The molecule has 1 saturated heterocycles. The van der Waals surface area contributed by atoms with Crippen molar-refractivity contribution in [3.8, 4) is 0 Å². The average molecular weight is 481 g/mol. The van der Waals surface area contributed by atoms with Crippen LogP contribution in [0.15, 0.2) is 48.2 Å². The van der Waals surface area contributed by atoms with Gasteiger partial charge in [0.1, 0.15) is 6.54 Å². The molecule has 3 heterocycles. The van der Waals surface area contributed by atoms with Crippen LogP contribution in [-0.2, 0) is 19.1 Å². The van der Waals surface area contributed by atoms with Crippen LogP contribution < -0.4 is 5.32 Å². The Morgan fingerprint density at radius 2 is 1.86 bits per heavy atom. The van der Waals surface area contributed by atoms with Gasteiger partial charge in [-0.05, 0) is 32.3 Å². The van der Waals surface area contributed by atoms with E-state index in [-0.39, 0.29) is 49.4 Å². The number of carbonyl (C=O) groups excluding carboxylic acids is 4. The molecule has 0 radical (unpaired) electrons. The van der Waals surface area contributed by atoms with Crippen molar-refractivity contribution in [3.63, 3.8) is 0 Å². The van der Waals surface area contributed by atoms with Gasteiger partial charge in [0.05, 0.1) is 36.4 Å². The summed E-state index contributed by atoms with van der Waals surface area (Å²) in [6, 6.07) is 6.83. The molecule has 186 valence electrons. The Balaban J connectivity index is 1.48. The number of rotatable bonds is 7. The smallest absolute Gasteiger partial charge is 0.322 e. The molecule has 3 aliphatic rings. The number of aryl methyl sites for hydroxylation is 1. The maximum atomic E-state index is 13.5. The molecule has 1 N–H and O–H groups in total. The van der Waals surface area contributed by atoms with Gasteiger partial charge in [0.2, 0.25) is 5.91 Å². The lowest BCUT2D eigenvalue weighted by Crippen LogP contribution is -2.47. The quantitative estimate of drug-likeness (QED) is 0.476. The molecule has 1 aromatic rings. The average Bonchev–Trinajstić information content (AvgIpc) is 3.17. The van der Waals surface area contributed by atoms with Crippen molar-refractivity contribution in [2.24, 2.45) is 5.92 Å². The maximum absolute atomic E-state index is 13.5. The Labute approximate surface area is 205 Å². The Bertz CT molecular complexity index is 1060. The van der Waals surface area contributed by atoms with Gasteiger partial charge in [-0.3, -0.25) is 19.3 Å². The van der Waals surface area contributed by atoms with Crippen LogP contribution in [0.5, 0.6) is 0 Å². The van der Waals surface area contributed by atoms with Gasteiger partial charge in [-0.1, -0.05) is 35.9 Å². The van der Waals surface area contributed by atoms with Gasteiger partial charge in [0, 0.05) is 19.6 Å². The van der Waals surface area contributed by atoms with Crippen LogP contribution in [0.25, 0.3) is 0 Å². The number of nitrogens with zero attached hydrogens (tertiary/aromatic N) is 3. The SMILES string of the molecule is C=CCN1C(=O)NC(c2ccc(C)cc2)C2=C1CN(CC(=O)N1CCC(C(=O)OCC)CC1)C2=O. The van der Waals surface area contributed by atoms with Crippen molar-refractivity contribution >= 4 is 23.8 Å². The van der Waals surface area contributed by atoms with Crippen molar-refractivity contribution in [2.75, 3.05) is 39.3 Å². The van der Waals surface area contributed by atoms with E-state index in [1.165, 1.54) is 9.80 Å². The number of hydrogen-bond donors (Lipinski definition) is 1. The molecule has 0 spiro atoms. The number of nitrogens with one attached hydrogen (secondary N) is 1. The van der Waals surface area contributed by atoms with Gasteiger partial charge < -0.3 is 19.9 Å². The summed E-state index contributed by atoms with van der Waals surface area (Å²) in [4.78, 5) is 56.1. The zero-order chi connectivity index (χ0) is 25.1. The van der Waals surface area contributed by atoms with Gasteiger partial charge in [-0.15, -0.1) is 6.58 Å². The van der Waals surface area contributed by atoms with E-state index in [4.69, 9.17) is 4.74 Å². The molecule has 9 nitrogen and oxygen atoms in total. The fourth-order valence-electron chi connectivity index (χ4n) is 4.90. The zero-order valence-electron chi connectivity index (χ0n) is 20.3. The lowest BCUT2D eigenvalue weighted by molar-refractivity contribution is -0.151. The molecule has 0 aromatic heterocycles. The Morgan fingerprint density at radius 3 is 2.49 bits per heavy atom. The third-order valence-electron chi connectivity index (χ3n) is 6.81. The van der Waals surface area contributed by atoms with E-state index in [9.17, 15) is 19.2 Å². The fourth-order valence-corrected chi connectivity index (χ4v) is 4.90. The van der Waals surface area contributed by atoms with Crippen molar-refractivity contribution < 1.29 is 23.9 Å². The van der Waals surface area contributed by atoms with E-state index in [1.807, 2.05) is 31.2 Å². The first-order valence-corrected chi connectivity index (χ1v) is 12.1. The van der Waals surface area contributed by atoms with Crippen LogP contribution in [0, 0.1) is 12.8 Å². The van der Waals surface area contributed by atoms with E-state index in [0.717, 1.165) is 11.1 Å². The van der Waals surface area contributed by atoms with E-state index in [1.54, 1.807) is 17.9 Å². The zero-order valence-corrected chi connectivity index (χ0v) is 20.3. The number of carbonyl (C=O) groups is 4. The molecule has 0 saturated carbocycles. The van der Waals surface area contributed by atoms with Crippen LogP contribution in [0.3, 0.4) is 0 Å². The highest BCUT2D eigenvalue weighted by Gasteiger charge is 2.44. The highest BCUT2D eigenvalue weighted by Crippen LogP contribution is 2.36. The molecule has 35 heavy (non-hydrogen) atoms. The molecule has 3 aliphatic heterocycles. The van der Waals surface area contributed by atoms with Crippen molar-refractivity contribution in [3.05, 3.63) is 59.3 Å². The Kier molecular flexibility index (Phi) is 7.23. The Hall–Kier alpha value is -3.62. The second-order valence-electron chi connectivity index (χ2n) is 9.12. The highest BCUT2D eigenvalue weighted by molar-refractivity contribution is 6.03. The maximum Gasteiger partial charge on any atom is 0.322 e. The van der Waals surface area contributed by atoms with Gasteiger partial charge >= 0.3 is 12.0 Å². The lowest BCUT2D eigenvalue weighted by Gasteiger charge is -2.33. The summed E-state index contributed by atoms with van der Waals surface area (Å²) in [5.74, 6) is -0.828. The number of urea groups is 1. The minimum Gasteiger partial charge on any atom is -0.466 e. The summed E-state index contributed by atoms with van der Waals surface area (Å²) in [6.07, 6.45) is 2.71. The molecule has 1 unspecified atom stereocenters. The Morgan fingerprint density at radius 1 is 1.17 bits per heavy atom. The number of benzene rings is 1. The van der Waals surface area contributed by atoms with Crippen molar-refractivity contribution in [1.82, 2.24) is 20.0 Å². The number of piperidine rings is 1. The van der Waals surface area contributed by atoms with Crippen LogP contribution in [0.2, 0.25) is 0 Å². The topological polar surface area (TPSA) is 99.3 Å².